The molecule has 0 bridgehead atoms. The summed E-state index contributed by atoms with van der Waals surface area (Å²) in [5, 5.41) is 10.6. The number of rotatable bonds is 4. The van der Waals surface area contributed by atoms with Gasteiger partial charge in [0.25, 0.3) is 0 Å². The first-order chi connectivity index (χ1) is 11.1. The van der Waals surface area contributed by atoms with Crippen molar-refractivity contribution in [3.8, 4) is 0 Å². The minimum absolute atomic E-state index is 0.226. The van der Waals surface area contributed by atoms with Gasteiger partial charge in [-0.25, -0.2) is 15.0 Å². The van der Waals surface area contributed by atoms with Crippen molar-refractivity contribution in [1.82, 2.24) is 19.5 Å². The Hall–Kier alpha value is -1.99. The van der Waals surface area contributed by atoms with Crippen LogP contribution in [0, 0.1) is 12.8 Å². The second kappa shape index (κ2) is 6.64. The normalized spacial score (nSPS) is 17.5. The lowest BCUT2D eigenvalue weighted by atomic mass is 9.90. The van der Waals surface area contributed by atoms with Crippen LogP contribution in [0.1, 0.15) is 36.3 Å². The molecule has 1 atom stereocenters. The highest BCUT2D eigenvalue weighted by molar-refractivity contribution is 5.40. The molecule has 2 aromatic rings. The topological polar surface area (TPSA) is 93.1 Å². The lowest BCUT2D eigenvalue weighted by molar-refractivity contribution is 0.0824. The van der Waals surface area contributed by atoms with Crippen LogP contribution in [-0.4, -0.2) is 37.7 Å². The van der Waals surface area contributed by atoms with E-state index < -0.39 is 6.10 Å². The smallest absolute Gasteiger partial charge is 0.137 e. The van der Waals surface area contributed by atoms with Crippen molar-refractivity contribution in [2.45, 2.75) is 32.4 Å². The lowest BCUT2D eigenvalue weighted by Crippen LogP contribution is -2.36. The number of nitrogens with zero attached hydrogens (tertiary/aromatic N) is 5. The summed E-state index contributed by atoms with van der Waals surface area (Å²) in [6.07, 6.45) is 4.91. The molecule has 1 fully saturated rings. The third-order valence-electron chi connectivity index (χ3n) is 4.52. The molecule has 124 valence electrons. The van der Waals surface area contributed by atoms with Gasteiger partial charge in [0.1, 0.15) is 23.6 Å². The fourth-order valence-electron chi connectivity index (χ4n) is 3.20. The second-order valence-electron chi connectivity index (χ2n) is 6.13. The van der Waals surface area contributed by atoms with E-state index in [0.717, 1.165) is 49.1 Å². The van der Waals surface area contributed by atoms with Crippen LogP contribution >= 0.6 is 0 Å². The Kier molecular flexibility index (Phi) is 4.58. The number of imidazole rings is 1. The number of hydrogen-bond acceptors (Lipinski definition) is 6. The fraction of sp³-hybridized carbons (Fsp3) is 0.562. The molecule has 7 nitrogen and oxygen atoms in total. The fourth-order valence-corrected chi connectivity index (χ4v) is 3.20. The summed E-state index contributed by atoms with van der Waals surface area (Å²) in [5.74, 6) is 2.65. The summed E-state index contributed by atoms with van der Waals surface area (Å²) < 4.78 is 1.89. The molecular formula is C16H24N6O. The minimum Gasteiger partial charge on any atom is -0.385 e. The summed E-state index contributed by atoms with van der Waals surface area (Å²) in [6.45, 7) is 4.05. The first-order valence-electron chi connectivity index (χ1n) is 8.03. The first kappa shape index (κ1) is 15.9. The van der Waals surface area contributed by atoms with E-state index in [1.165, 1.54) is 0 Å². The Balaban J connectivity index is 1.67. The molecule has 0 amide bonds. The van der Waals surface area contributed by atoms with E-state index in [-0.39, 0.29) is 5.92 Å². The van der Waals surface area contributed by atoms with Crippen LogP contribution in [0.2, 0.25) is 0 Å². The third-order valence-corrected chi connectivity index (χ3v) is 4.52. The van der Waals surface area contributed by atoms with Crippen LogP contribution in [0.4, 0.5) is 5.82 Å². The zero-order valence-corrected chi connectivity index (χ0v) is 13.7. The van der Waals surface area contributed by atoms with Crippen LogP contribution < -0.4 is 10.6 Å². The molecule has 0 aromatic carbocycles. The Labute approximate surface area is 136 Å². The van der Waals surface area contributed by atoms with Gasteiger partial charge in [0.15, 0.2) is 0 Å². The number of nitrogens with two attached hydrogens (primary N) is 1. The summed E-state index contributed by atoms with van der Waals surface area (Å²) >= 11 is 0. The predicted molar refractivity (Wildman–Crippen MR) is 87.8 cm³/mol. The second-order valence-corrected chi connectivity index (χ2v) is 6.13. The summed E-state index contributed by atoms with van der Waals surface area (Å²) in [5.41, 5.74) is 6.56. The van der Waals surface area contributed by atoms with Gasteiger partial charge in [-0.1, -0.05) is 0 Å². The number of piperidine rings is 1. The van der Waals surface area contributed by atoms with Crippen LogP contribution in [-0.2, 0) is 13.6 Å². The molecule has 0 radical (unpaired) electrons. The van der Waals surface area contributed by atoms with E-state index in [0.29, 0.717) is 6.54 Å². The molecule has 0 saturated carbocycles. The maximum Gasteiger partial charge on any atom is 0.137 e. The molecule has 23 heavy (non-hydrogen) atoms. The van der Waals surface area contributed by atoms with Gasteiger partial charge < -0.3 is 20.3 Å². The van der Waals surface area contributed by atoms with Gasteiger partial charge in [-0.2, -0.15) is 0 Å². The van der Waals surface area contributed by atoms with E-state index in [4.69, 9.17) is 5.73 Å². The van der Waals surface area contributed by atoms with Gasteiger partial charge in [0, 0.05) is 45.1 Å². The van der Waals surface area contributed by atoms with Crippen molar-refractivity contribution in [1.29, 1.82) is 0 Å². The van der Waals surface area contributed by atoms with Crippen LogP contribution in [0.25, 0.3) is 0 Å². The number of hydrogen-bond donors (Lipinski definition) is 2. The monoisotopic (exact) mass is 316 g/mol. The quantitative estimate of drug-likeness (QED) is 0.871. The molecule has 1 saturated heterocycles. The van der Waals surface area contributed by atoms with Gasteiger partial charge in [-0.15, -0.1) is 0 Å². The zero-order chi connectivity index (χ0) is 16.4. The Morgan fingerprint density at radius 3 is 2.70 bits per heavy atom. The molecule has 3 rings (SSSR count). The SMILES string of the molecule is Cc1nc(CN)cc(N2CCC([C@@H](O)c3nccn3C)CC2)n1. The molecule has 0 unspecified atom stereocenters. The van der Waals surface area contributed by atoms with Gasteiger partial charge in [0.2, 0.25) is 0 Å². The largest absolute Gasteiger partial charge is 0.385 e. The molecule has 3 N–H and O–H groups in total. The molecule has 0 spiro atoms. The lowest BCUT2D eigenvalue weighted by Gasteiger charge is -2.34. The highest BCUT2D eigenvalue weighted by atomic mass is 16.3. The average molecular weight is 316 g/mol. The van der Waals surface area contributed by atoms with Gasteiger partial charge in [0.05, 0.1) is 5.69 Å². The van der Waals surface area contributed by atoms with Crippen LogP contribution in [0.3, 0.4) is 0 Å². The first-order valence-corrected chi connectivity index (χ1v) is 8.03. The molecule has 0 aliphatic carbocycles. The van der Waals surface area contributed by atoms with E-state index in [2.05, 4.69) is 19.9 Å². The highest BCUT2D eigenvalue weighted by Crippen LogP contribution is 2.31. The predicted octanol–water partition coefficient (Wildman–Crippen LogP) is 0.927. The Morgan fingerprint density at radius 2 is 2.09 bits per heavy atom. The zero-order valence-electron chi connectivity index (χ0n) is 13.7. The van der Waals surface area contributed by atoms with E-state index >= 15 is 0 Å². The van der Waals surface area contributed by atoms with Gasteiger partial charge in [-0.05, 0) is 25.7 Å². The Morgan fingerprint density at radius 1 is 1.35 bits per heavy atom. The molecular weight excluding hydrogens is 292 g/mol. The molecule has 7 heteroatoms. The van der Waals surface area contributed by atoms with E-state index in [1.807, 2.05) is 30.8 Å². The highest BCUT2D eigenvalue weighted by Gasteiger charge is 2.29. The maximum absolute atomic E-state index is 10.6. The van der Waals surface area contributed by atoms with Crippen molar-refractivity contribution in [2.24, 2.45) is 18.7 Å². The molecule has 1 aliphatic heterocycles. The number of aliphatic hydroxyl groups excluding tert-OH is 1. The van der Waals surface area contributed by atoms with Crippen molar-refractivity contribution in [3.05, 3.63) is 35.8 Å². The number of anilines is 1. The van der Waals surface area contributed by atoms with Crippen molar-refractivity contribution >= 4 is 5.82 Å². The Bertz CT molecular complexity index is 662. The summed E-state index contributed by atoms with van der Waals surface area (Å²) in [6, 6.07) is 1.96. The average Bonchev–Trinajstić information content (AvgIpc) is 2.99. The van der Waals surface area contributed by atoms with Gasteiger partial charge >= 0.3 is 0 Å². The van der Waals surface area contributed by atoms with Crippen LogP contribution in [0.15, 0.2) is 18.5 Å². The van der Waals surface area contributed by atoms with E-state index in [9.17, 15) is 5.11 Å². The van der Waals surface area contributed by atoms with Crippen molar-refractivity contribution in [2.75, 3.05) is 18.0 Å². The summed E-state index contributed by atoms with van der Waals surface area (Å²) in [7, 11) is 1.92. The third kappa shape index (κ3) is 3.35. The van der Waals surface area contributed by atoms with E-state index in [1.54, 1.807) is 6.20 Å². The maximum atomic E-state index is 10.6. The minimum atomic E-state index is -0.510. The molecule has 3 heterocycles. The number of aliphatic hydroxyl groups is 1. The number of aromatic nitrogens is 4. The molecule has 1 aliphatic rings. The van der Waals surface area contributed by atoms with Crippen molar-refractivity contribution < 1.29 is 5.11 Å². The standard InChI is InChI=1S/C16H24N6O/c1-11-19-13(10-17)9-14(20-11)22-6-3-12(4-7-22)15(23)16-18-5-8-21(16)2/h5,8-9,12,15,23H,3-4,6-7,10,17H2,1-2H3/t15-/m1/s1. The van der Waals surface area contributed by atoms with Crippen LogP contribution in [0.5, 0.6) is 0 Å². The molecule has 2 aromatic heterocycles. The summed E-state index contributed by atoms with van der Waals surface area (Å²) in [4.78, 5) is 15.4. The number of aryl methyl sites for hydroxylation is 2. The van der Waals surface area contributed by atoms with Gasteiger partial charge in [-0.3, -0.25) is 0 Å². The van der Waals surface area contributed by atoms with Crippen molar-refractivity contribution in [3.63, 3.8) is 0 Å².